The molecule has 1 aliphatic heterocycles. The van der Waals surface area contributed by atoms with Crippen LogP contribution in [-0.2, 0) is 9.59 Å². The van der Waals surface area contributed by atoms with Crippen molar-refractivity contribution in [3.63, 3.8) is 0 Å². The molecule has 1 fully saturated rings. The molecule has 7 heteroatoms. The van der Waals surface area contributed by atoms with Crippen LogP contribution in [0, 0.1) is 12.8 Å². The van der Waals surface area contributed by atoms with E-state index in [4.69, 9.17) is 0 Å². The summed E-state index contributed by atoms with van der Waals surface area (Å²) in [6.45, 7) is 4.19. The number of aromatic amines is 1. The number of aryl methyl sites for hydroxylation is 1. The number of amides is 2. The minimum absolute atomic E-state index is 0.0338. The molecule has 3 rings (SSSR count). The van der Waals surface area contributed by atoms with Gasteiger partial charge < -0.3 is 15.2 Å². The van der Waals surface area contributed by atoms with E-state index in [1.807, 2.05) is 19.1 Å². The van der Waals surface area contributed by atoms with E-state index < -0.39 is 5.92 Å². The molecule has 0 aromatic carbocycles. The first kappa shape index (κ1) is 17.8. The molecule has 26 heavy (non-hydrogen) atoms. The molecule has 0 unspecified atom stereocenters. The van der Waals surface area contributed by atoms with Crippen molar-refractivity contribution in [1.82, 2.24) is 14.9 Å². The van der Waals surface area contributed by atoms with Crippen LogP contribution >= 0.6 is 0 Å². The average Bonchev–Trinajstić information content (AvgIpc) is 2.64. The summed E-state index contributed by atoms with van der Waals surface area (Å²) in [5.74, 6) is -0.658. The van der Waals surface area contributed by atoms with Crippen molar-refractivity contribution in [2.75, 3.05) is 11.9 Å². The molecule has 0 aliphatic carbocycles. The molecular weight excluding hydrogens is 332 g/mol. The standard InChI is InChI=1S/C19H22N4O3/c1-3-23-16(24)7-5-14(17(23)13-8-10-20-11-9-13)18(25)22-15-6-4-12(2)21-19(15)26/h4,6,8-11,14,17H,3,5,7H2,1-2H3,(H,21,26)(H,22,25)/t14-,17+/m0/s1. The van der Waals surface area contributed by atoms with E-state index in [0.717, 1.165) is 11.3 Å². The number of aromatic nitrogens is 2. The number of piperidine rings is 1. The number of nitrogens with zero attached hydrogens (tertiary/aromatic N) is 2. The highest BCUT2D eigenvalue weighted by Crippen LogP contribution is 2.36. The summed E-state index contributed by atoms with van der Waals surface area (Å²) >= 11 is 0. The van der Waals surface area contributed by atoms with Crippen LogP contribution in [0.1, 0.15) is 37.1 Å². The van der Waals surface area contributed by atoms with E-state index in [-0.39, 0.29) is 29.1 Å². The predicted octanol–water partition coefficient (Wildman–Crippen LogP) is 2.02. The second-order valence-corrected chi connectivity index (χ2v) is 6.42. The molecule has 136 valence electrons. The van der Waals surface area contributed by atoms with Gasteiger partial charge in [-0.3, -0.25) is 19.4 Å². The monoisotopic (exact) mass is 354 g/mol. The lowest BCUT2D eigenvalue weighted by Gasteiger charge is -2.40. The van der Waals surface area contributed by atoms with E-state index in [1.165, 1.54) is 0 Å². The van der Waals surface area contributed by atoms with Crippen LogP contribution in [0.25, 0.3) is 0 Å². The van der Waals surface area contributed by atoms with Gasteiger partial charge in [0.15, 0.2) is 0 Å². The van der Waals surface area contributed by atoms with Crippen LogP contribution in [0.15, 0.2) is 41.5 Å². The van der Waals surface area contributed by atoms with Crippen LogP contribution in [0.2, 0.25) is 0 Å². The Morgan fingerprint density at radius 2 is 2.00 bits per heavy atom. The Kier molecular flexibility index (Phi) is 5.16. The van der Waals surface area contributed by atoms with Gasteiger partial charge in [-0.1, -0.05) is 0 Å². The zero-order chi connectivity index (χ0) is 18.7. The van der Waals surface area contributed by atoms with Crippen LogP contribution in [-0.4, -0.2) is 33.2 Å². The van der Waals surface area contributed by atoms with Gasteiger partial charge in [-0.15, -0.1) is 0 Å². The van der Waals surface area contributed by atoms with E-state index in [9.17, 15) is 14.4 Å². The van der Waals surface area contributed by atoms with Gasteiger partial charge in [-0.05, 0) is 50.1 Å². The van der Waals surface area contributed by atoms with Gasteiger partial charge in [-0.25, -0.2) is 0 Å². The lowest BCUT2D eigenvalue weighted by Crippen LogP contribution is -2.46. The Hall–Kier alpha value is -2.96. The van der Waals surface area contributed by atoms with Crippen molar-refractivity contribution in [2.24, 2.45) is 5.92 Å². The van der Waals surface area contributed by atoms with E-state index in [0.29, 0.717) is 19.4 Å². The maximum absolute atomic E-state index is 12.9. The quantitative estimate of drug-likeness (QED) is 0.878. The average molecular weight is 354 g/mol. The molecular formula is C19H22N4O3. The second-order valence-electron chi connectivity index (χ2n) is 6.42. The number of nitrogens with one attached hydrogen (secondary N) is 2. The van der Waals surface area contributed by atoms with Crippen molar-refractivity contribution in [3.8, 4) is 0 Å². The van der Waals surface area contributed by atoms with Gasteiger partial charge in [0.1, 0.15) is 5.69 Å². The van der Waals surface area contributed by atoms with Crippen molar-refractivity contribution in [1.29, 1.82) is 0 Å². The number of anilines is 1. The summed E-state index contributed by atoms with van der Waals surface area (Å²) in [6.07, 6.45) is 4.07. The van der Waals surface area contributed by atoms with Crippen LogP contribution in [0.5, 0.6) is 0 Å². The number of likely N-dealkylation sites (tertiary alicyclic amines) is 1. The van der Waals surface area contributed by atoms with E-state index >= 15 is 0 Å². The lowest BCUT2D eigenvalue weighted by molar-refractivity contribution is -0.141. The number of carbonyl (C=O) groups excluding carboxylic acids is 2. The third-order valence-electron chi connectivity index (χ3n) is 4.74. The Morgan fingerprint density at radius 1 is 1.27 bits per heavy atom. The first-order valence-corrected chi connectivity index (χ1v) is 8.71. The Bertz CT molecular complexity index is 863. The molecule has 0 bridgehead atoms. The maximum Gasteiger partial charge on any atom is 0.271 e. The van der Waals surface area contributed by atoms with Crippen LogP contribution < -0.4 is 10.9 Å². The molecule has 2 aromatic rings. The fourth-order valence-corrected chi connectivity index (χ4v) is 3.47. The number of carbonyl (C=O) groups is 2. The predicted molar refractivity (Wildman–Crippen MR) is 97.5 cm³/mol. The van der Waals surface area contributed by atoms with Gasteiger partial charge in [0.2, 0.25) is 11.8 Å². The molecule has 2 aromatic heterocycles. The number of hydrogen-bond acceptors (Lipinski definition) is 4. The van der Waals surface area contributed by atoms with Crippen molar-refractivity contribution in [2.45, 2.75) is 32.7 Å². The summed E-state index contributed by atoms with van der Waals surface area (Å²) in [5, 5.41) is 2.73. The van der Waals surface area contributed by atoms with Gasteiger partial charge >= 0.3 is 0 Å². The zero-order valence-corrected chi connectivity index (χ0v) is 14.9. The molecule has 0 spiro atoms. The fraction of sp³-hybridized carbons (Fsp3) is 0.368. The molecule has 2 atom stereocenters. The molecule has 0 saturated carbocycles. The summed E-state index contributed by atoms with van der Waals surface area (Å²) in [5.41, 5.74) is 1.48. The summed E-state index contributed by atoms with van der Waals surface area (Å²) in [4.78, 5) is 45.7. The molecule has 1 saturated heterocycles. The smallest absolute Gasteiger partial charge is 0.271 e. The molecule has 0 radical (unpaired) electrons. The fourth-order valence-electron chi connectivity index (χ4n) is 3.47. The minimum atomic E-state index is -0.434. The number of rotatable bonds is 4. The summed E-state index contributed by atoms with van der Waals surface area (Å²) in [6, 6.07) is 6.61. The van der Waals surface area contributed by atoms with Crippen molar-refractivity contribution >= 4 is 17.5 Å². The minimum Gasteiger partial charge on any atom is -0.335 e. The number of H-pyrrole nitrogens is 1. The lowest BCUT2D eigenvalue weighted by atomic mass is 9.84. The Morgan fingerprint density at radius 3 is 2.65 bits per heavy atom. The summed E-state index contributed by atoms with van der Waals surface area (Å²) < 4.78 is 0. The Labute approximate surface area is 151 Å². The van der Waals surface area contributed by atoms with E-state index in [1.54, 1.807) is 36.4 Å². The third kappa shape index (κ3) is 3.51. The molecule has 7 nitrogen and oxygen atoms in total. The highest BCUT2D eigenvalue weighted by atomic mass is 16.2. The largest absolute Gasteiger partial charge is 0.335 e. The van der Waals surface area contributed by atoms with Crippen molar-refractivity contribution in [3.05, 3.63) is 58.3 Å². The maximum atomic E-state index is 12.9. The molecule has 1 aliphatic rings. The molecule has 2 amide bonds. The topological polar surface area (TPSA) is 95.2 Å². The zero-order valence-electron chi connectivity index (χ0n) is 14.9. The SMILES string of the molecule is CCN1C(=O)CC[C@H](C(=O)Nc2ccc(C)[nH]c2=O)[C@H]1c1ccncc1. The number of pyridine rings is 2. The van der Waals surface area contributed by atoms with Crippen LogP contribution in [0.3, 0.4) is 0 Å². The molecule has 3 heterocycles. The van der Waals surface area contributed by atoms with Crippen LogP contribution in [0.4, 0.5) is 5.69 Å². The third-order valence-corrected chi connectivity index (χ3v) is 4.74. The molecule has 2 N–H and O–H groups in total. The van der Waals surface area contributed by atoms with Gasteiger partial charge in [0, 0.05) is 31.1 Å². The van der Waals surface area contributed by atoms with E-state index in [2.05, 4.69) is 15.3 Å². The van der Waals surface area contributed by atoms with Gasteiger partial charge in [0.25, 0.3) is 5.56 Å². The first-order chi connectivity index (χ1) is 12.5. The summed E-state index contributed by atoms with van der Waals surface area (Å²) in [7, 11) is 0. The highest BCUT2D eigenvalue weighted by Gasteiger charge is 2.40. The highest BCUT2D eigenvalue weighted by molar-refractivity contribution is 5.94. The van der Waals surface area contributed by atoms with Gasteiger partial charge in [0.05, 0.1) is 12.0 Å². The second kappa shape index (κ2) is 7.51. The Balaban J connectivity index is 1.91. The van der Waals surface area contributed by atoms with Gasteiger partial charge in [-0.2, -0.15) is 0 Å². The number of hydrogen-bond donors (Lipinski definition) is 2. The normalized spacial score (nSPS) is 20.1. The van der Waals surface area contributed by atoms with Crippen molar-refractivity contribution < 1.29 is 9.59 Å². The first-order valence-electron chi connectivity index (χ1n) is 8.71.